The lowest BCUT2D eigenvalue weighted by Crippen LogP contribution is -2.59. The molecule has 22 heteroatoms. The number of guanidine groups is 1. The highest BCUT2D eigenvalue weighted by Gasteiger charge is 2.32. The molecule has 5 amide bonds. The smallest absolute Gasteiger partial charge is 0.322 e. The summed E-state index contributed by atoms with van der Waals surface area (Å²) in [5.74, 6) is -8.32. The molecule has 0 aliphatic rings. The van der Waals surface area contributed by atoms with Crippen LogP contribution in [0.3, 0.4) is 0 Å². The van der Waals surface area contributed by atoms with E-state index in [0.29, 0.717) is 25.7 Å². The molecule has 0 aliphatic carbocycles. The molecule has 0 aromatic carbocycles. The minimum absolute atomic E-state index is 0.00808. The van der Waals surface area contributed by atoms with Gasteiger partial charge in [-0.3, -0.25) is 43.3 Å². The van der Waals surface area contributed by atoms with Crippen molar-refractivity contribution in [2.24, 2.45) is 33.7 Å². The number of hydrogen-bond donors (Lipinski definition) is 13. The molecule has 0 spiro atoms. The van der Waals surface area contributed by atoms with E-state index in [1.54, 1.807) is 0 Å². The minimum atomic E-state index is -1.51. The fourth-order valence-corrected chi connectivity index (χ4v) is 4.62. The average molecular weight is 746 g/mol. The van der Waals surface area contributed by atoms with Gasteiger partial charge in [-0.1, -0.05) is 0 Å². The van der Waals surface area contributed by atoms with Gasteiger partial charge in [0.25, 0.3) is 0 Å². The summed E-state index contributed by atoms with van der Waals surface area (Å²) in [6.07, 6.45) is 0.230. The Hall–Kier alpha value is -5.09. The van der Waals surface area contributed by atoms with Crippen LogP contribution in [0.25, 0.3) is 0 Å². The molecular weight excluding hydrogens is 690 g/mol. The number of nitrogens with two attached hydrogens (primary N) is 5. The second-order valence-corrected chi connectivity index (χ2v) is 11.8. The number of unbranched alkanes of at least 4 members (excludes halogenated alkanes) is 2. The highest BCUT2D eigenvalue weighted by molar-refractivity contribution is 5.96. The molecule has 0 saturated heterocycles. The van der Waals surface area contributed by atoms with E-state index in [0.717, 1.165) is 0 Å². The Labute approximate surface area is 300 Å². The van der Waals surface area contributed by atoms with Crippen LogP contribution in [0.4, 0.5) is 0 Å². The number of carboxylic acids is 3. The molecule has 5 atom stereocenters. The summed E-state index contributed by atoms with van der Waals surface area (Å²) in [5, 5.41) is 39.2. The monoisotopic (exact) mass is 745 g/mol. The van der Waals surface area contributed by atoms with Crippen LogP contribution in [0.15, 0.2) is 4.99 Å². The number of hydrogen-bond acceptors (Lipinski definition) is 12. The summed E-state index contributed by atoms with van der Waals surface area (Å²) in [6, 6.07) is -6.63. The van der Waals surface area contributed by atoms with Crippen molar-refractivity contribution in [3.8, 4) is 0 Å². The van der Waals surface area contributed by atoms with Crippen molar-refractivity contribution in [2.75, 3.05) is 26.2 Å². The lowest BCUT2D eigenvalue weighted by molar-refractivity contribution is -0.139. The number of rotatable bonds is 29. The number of carbonyl (C=O) groups is 8. The van der Waals surface area contributed by atoms with E-state index in [-0.39, 0.29) is 57.7 Å². The molecule has 52 heavy (non-hydrogen) atoms. The van der Waals surface area contributed by atoms with Crippen LogP contribution in [0.1, 0.15) is 77.0 Å². The number of carbonyl (C=O) groups excluding carboxylic acids is 5. The van der Waals surface area contributed by atoms with Gasteiger partial charge in [0, 0.05) is 19.4 Å². The summed E-state index contributed by atoms with van der Waals surface area (Å²) in [4.78, 5) is 103. The van der Waals surface area contributed by atoms with Crippen molar-refractivity contribution in [3.05, 3.63) is 0 Å². The zero-order chi connectivity index (χ0) is 39.6. The van der Waals surface area contributed by atoms with Crippen LogP contribution in [-0.4, -0.2) is 125 Å². The van der Waals surface area contributed by atoms with E-state index in [2.05, 4.69) is 31.6 Å². The van der Waals surface area contributed by atoms with Crippen LogP contribution < -0.4 is 55.3 Å². The van der Waals surface area contributed by atoms with Gasteiger partial charge in [0.1, 0.15) is 30.7 Å². The van der Waals surface area contributed by atoms with Gasteiger partial charge in [0.15, 0.2) is 5.96 Å². The molecule has 0 saturated carbocycles. The number of amides is 5. The molecule has 0 fully saturated rings. The largest absolute Gasteiger partial charge is 0.481 e. The molecule has 0 aliphatic heterocycles. The quantitative estimate of drug-likeness (QED) is 0.0195. The maximum atomic E-state index is 13.6. The highest BCUT2D eigenvalue weighted by atomic mass is 16.4. The van der Waals surface area contributed by atoms with Crippen LogP contribution in [-0.2, 0) is 38.4 Å². The van der Waals surface area contributed by atoms with Crippen LogP contribution in [0.2, 0.25) is 0 Å². The molecule has 0 bridgehead atoms. The minimum Gasteiger partial charge on any atom is -0.481 e. The van der Waals surface area contributed by atoms with Gasteiger partial charge in [0.2, 0.25) is 29.5 Å². The van der Waals surface area contributed by atoms with Crippen molar-refractivity contribution in [1.82, 2.24) is 26.6 Å². The Morgan fingerprint density at radius 1 is 0.519 bits per heavy atom. The third-order valence-electron chi connectivity index (χ3n) is 7.44. The molecule has 0 rings (SSSR count). The van der Waals surface area contributed by atoms with Gasteiger partial charge in [-0.25, -0.2) is 0 Å². The van der Waals surface area contributed by atoms with Gasteiger partial charge >= 0.3 is 17.9 Å². The van der Waals surface area contributed by atoms with E-state index in [4.69, 9.17) is 38.9 Å². The number of aliphatic imine (C=N–C) groups is 1. The standard InChI is InChI=1S/C30H55N11O11/c31-13-3-1-6-18(26(49)37-16-24(46)47)39-29(52)21(10-12-23(44)45)41-27(50)19(7-2-4-14-32)40-28(51)20(8-5-15-36-30(34)35)38-25(48)17(33)9-11-22(42)43/h17-21H,1-16,31-33H2,(H,37,49)(H,38,48)(H,39,52)(H,40,51)(H,41,50)(H,42,43)(H,44,45)(H,46,47)(H4,34,35,36)/t17-,18-,19-,20-,21-/m0/s1. The van der Waals surface area contributed by atoms with Gasteiger partial charge < -0.3 is 70.6 Å². The molecular formula is C30H55N11O11. The second-order valence-electron chi connectivity index (χ2n) is 11.8. The third-order valence-corrected chi connectivity index (χ3v) is 7.44. The molecule has 18 N–H and O–H groups in total. The van der Waals surface area contributed by atoms with E-state index >= 15 is 0 Å². The lowest BCUT2D eigenvalue weighted by atomic mass is 10.0. The Bertz CT molecular complexity index is 1230. The molecule has 296 valence electrons. The first kappa shape index (κ1) is 46.9. The molecule has 0 heterocycles. The Balaban J connectivity index is 6.22. The van der Waals surface area contributed by atoms with Gasteiger partial charge in [-0.05, 0) is 77.3 Å². The number of nitrogens with one attached hydrogen (secondary N) is 5. The van der Waals surface area contributed by atoms with Gasteiger partial charge in [-0.2, -0.15) is 0 Å². The maximum Gasteiger partial charge on any atom is 0.322 e. The first-order valence-corrected chi connectivity index (χ1v) is 16.9. The summed E-state index contributed by atoms with van der Waals surface area (Å²) in [5.41, 5.74) is 27.6. The topological polar surface area (TPSA) is 400 Å². The van der Waals surface area contributed by atoms with E-state index in [9.17, 15) is 43.5 Å². The summed E-state index contributed by atoms with van der Waals surface area (Å²) in [7, 11) is 0. The second kappa shape index (κ2) is 26.7. The summed E-state index contributed by atoms with van der Waals surface area (Å²) >= 11 is 0. The van der Waals surface area contributed by atoms with Gasteiger partial charge in [0.05, 0.1) is 6.04 Å². The van der Waals surface area contributed by atoms with E-state index < -0.39 is 103 Å². The molecule has 22 nitrogen and oxygen atoms in total. The fourth-order valence-electron chi connectivity index (χ4n) is 4.62. The first-order valence-electron chi connectivity index (χ1n) is 16.9. The molecule has 0 unspecified atom stereocenters. The highest BCUT2D eigenvalue weighted by Crippen LogP contribution is 2.09. The molecule has 0 aromatic heterocycles. The normalized spacial score (nSPS) is 13.6. The molecule has 0 aromatic rings. The van der Waals surface area contributed by atoms with E-state index in [1.807, 2.05) is 0 Å². The number of nitrogens with zero attached hydrogens (tertiary/aromatic N) is 1. The van der Waals surface area contributed by atoms with Crippen molar-refractivity contribution in [2.45, 2.75) is 107 Å². The zero-order valence-electron chi connectivity index (χ0n) is 29.1. The zero-order valence-corrected chi connectivity index (χ0v) is 29.1. The van der Waals surface area contributed by atoms with E-state index in [1.165, 1.54) is 0 Å². The first-order chi connectivity index (χ1) is 24.5. The van der Waals surface area contributed by atoms with Crippen LogP contribution in [0, 0.1) is 0 Å². The predicted octanol–water partition coefficient (Wildman–Crippen LogP) is -4.51. The van der Waals surface area contributed by atoms with Crippen molar-refractivity contribution in [3.63, 3.8) is 0 Å². The Kier molecular flexibility index (Phi) is 24.1. The third kappa shape index (κ3) is 21.9. The summed E-state index contributed by atoms with van der Waals surface area (Å²) < 4.78 is 0. The van der Waals surface area contributed by atoms with Crippen molar-refractivity contribution < 1.29 is 53.7 Å². The van der Waals surface area contributed by atoms with Gasteiger partial charge in [-0.15, -0.1) is 0 Å². The van der Waals surface area contributed by atoms with Crippen molar-refractivity contribution >= 4 is 53.4 Å². The van der Waals surface area contributed by atoms with Crippen LogP contribution >= 0.6 is 0 Å². The summed E-state index contributed by atoms with van der Waals surface area (Å²) in [6.45, 7) is -0.117. The average Bonchev–Trinajstić information content (AvgIpc) is 3.07. The fraction of sp³-hybridized carbons (Fsp3) is 0.700. The maximum absolute atomic E-state index is 13.6. The van der Waals surface area contributed by atoms with Crippen LogP contribution in [0.5, 0.6) is 0 Å². The van der Waals surface area contributed by atoms with Crippen molar-refractivity contribution in [1.29, 1.82) is 0 Å². The Morgan fingerprint density at radius 3 is 1.35 bits per heavy atom. The molecule has 0 radical (unpaired) electrons. The number of aliphatic carboxylic acids is 3. The SMILES string of the molecule is NCCCC[C@H](NC(=O)[C@H](CCC(=O)O)NC(=O)[C@H](CCCCN)NC(=O)[C@H](CCCN=C(N)N)NC(=O)[C@@H](N)CCC(=O)O)C(=O)NCC(=O)O. The number of carboxylic acid groups (broad SMARTS) is 3. The predicted molar refractivity (Wildman–Crippen MR) is 186 cm³/mol. The Morgan fingerprint density at radius 2 is 0.923 bits per heavy atom. The lowest BCUT2D eigenvalue weighted by Gasteiger charge is -2.27.